The molecule has 4 atom stereocenters. The van der Waals surface area contributed by atoms with Crippen molar-refractivity contribution in [3.05, 3.63) is 23.3 Å². The first kappa shape index (κ1) is 9.63. The quantitative estimate of drug-likeness (QED) is 0.672. The van der Waals surface area contributed by atoms with Crippen molar-refractivity contribution in [2.24, 2.45) is 5.92 Å². The highest BCUT2D eigenvalue weighted by Crippen LogP contribution is 2.40. The molecular weight excluding hydrogens is 204 g/mol. The average molecular weight is 217 g/mol. The molecule has 2 aliphatic rings. The van der Waals surface area contributed by atoms with Crippen LogP contribution in [0.5, 0.6) is 0 Å². The van der Waals surface area contributed by atoms with E-state index in [0.717, 1.165) is 11.5 Å². The SMILES string of the molecule is C[C@@H]1C[C@@H](O)[C@@H]2C=C(Cl)C=C[C@@H]2S1. The van der Waals surface area contributed by atoms with Gasteiger partial charge in [0.05, 0.1) is 6.10 Å². The lowest BCUT2D eigenvalue weighted by Gasteiger charge is -2.36. The molecule has 1 saturated heterocycles. The predicted molar refractivity (Wildman–Crippen MR) is 58.0 cm³/mol. The number of fused-ring (bicyclic) bond motifs is 1. The van der Waals surface area contributed by atoms with Gasteiger partial charge in [-0.1, -0.05) is 30.7 Å². The second kappa shape index (κ2) is 3.68. The van der Waals surface area contributed by atoms with E-state index in [0.29, 0.717) is 10.5 Å². The summed E-state index contributed by atoms with van der Waals surface area (Å²) >= 11 is 7.82. The van der Waals surface area contributed by atoms with Crippen molar-refractivity contribution in [1.82, 2.24) is 0 Å². The van der Waals surface area contributed by atoms with Gasteiger partial charge in [0.15, 0.2) is 0 Å². The van der Waals surface area contributed by atoms with Gasteiger partial charge < -0.3 is 5.11 Å². The van der Waals surface area contributed by atoms with Gasteiger partial charge >= 0.3 is 0 Å². The highest BCUT2D eigenvalue weighted by atomic mass is 35.5. The van der Waals surface area contributed by atoms with Crippen molar-refractivity contribution in [2.75, 3.05) is 0 Å². The molecule has 0 aromatic carbocycles. The van der Waals surface area contributed by atoms with Crippen molar-refractivity contribution in [3.8, 4) is 0 Å². The van der Waals surface area contributed by atoms with Gasteiger partial charge in [-0.15, -0.1) is 0 Å². The fraction of sp³-hybridized carbons (Fsp3) is 0.600. The maximum atomic E-state index is 9.84. The minimum Gasteiger partial charge on any atom is -0.392 e. The van der Waals surface area contributed by atoms with Crippen molar-refractivity contribution in [3.63, 3.8) is 0 Å². The maximum Gasteiger partial charge on any atom is 0.0627 e. The second-order valence-electron chi connectivity index (χ2n) is 3.70. The molecule has 0 saturated carbocycles. The van der Waals surface area contributed by atoms with E-state index in [4.69, 9.17) is 11.6 Å². The Labute approximate surface area is 87.9 Å². The summed E-state index contributed by atoms with van der Waals surface area (Å²) in [5.41, 5.74) is 0. The standard InChI is InChI=1S/C10H13ClOS/c1-6-4-9(12)8-5-7(11)2-3-10(8)13-6/h2-3,5-6,8-10,12H,4H2,1H3/t6-,8+,9-,10+/m1/s1. The van der Waals surface area contributed by atoms with E-state index in [1.165, 1.54) is 0 Å². The van der Waals surface area contributed by atoms with Gasteiger partial charge in [-0.25, -0.2) is 0 Å². The summed E-state index contributed by atoms with van der Waals surface area (Å²) in [6.07, 6.45) is 6.67. The highest BCUT2D eigenvalue weighted by Gasteiger charge is 2.34. The molecule has 72 valence electrons. The number of halogens is 1. The van der Waals surface area contributed by atoms with Crippen LogP contribution in [0.4, 0.5) is 0 Å². The van der Waals surface area contributed by atoms with Gasteiger partial charge in [-0.3, -0.25) is 0 Å². The third-order valence-corrected chi connectivity index (χ3v) is 4.28. The number of thioether (sulfide) groups is 1. The lowest BCUT2D eigenvalue weighted by atomic mass is 9.91. The van der Waals surface area contributed by atoms with Gasteiger partial charge in [-0.2, -0.15) is 11.8 Å². The lowest BCUT2D eigenvalue weighted by Crippen LogP contribution is -2.36. The first-order chi connectivity index (χ1) is 6.16. The van der Waals surface area contributed by atoms with E-state index in [9.17, 15) is 5.11 Å². The molecule has 2 rings (SSSR count). The van der Waals surface area contributed by atoms with Crippen LogP contribution in [0.25, 0.3) is 0 Å². The fourth-order valence-electron chi connectivity index (χ4n) is 1.94. The summed E-state index contributed by atoms with van der Waals surface area (Å²) in [4.78, 5) is 0. The molecule has 0 aromatic heterocycles. The molecule has 1 aliphatic heterocycles. The lowest BCUT2D eigenvalue weighted by molar-refractivity contribution is 0.118. The zero-order valence-corrected chi connectivity index (χ0v) is 9.05. The Kier molecular flexibility index (Phi) is 2.72. The van der Waals surface area contributed by atoms with Crippen molar-refractivity contribution < 1.29 is 5.11 Å². The van der Waals surface area contributed by atoms with Crippen LogP contribution in [-0.2, 0) is 0 Å². The Morgan fingerprint density at radius 3 is 3.15 bits per heavy atom. The van der Waals surface area contributed by atoms with E-state index < -0.39 is 0 Å². The minimum atomic E-state index is -0.222. The first-order valence-corrected chi connectivity index (χ1v) is 5.88. The van der Waals surface area contributed by atoms with Crippen molar-refractivity contribution in [2.45, 2.75) is 29.9 Å². The molecule has 1 nitrogen and oxygen atoms in total. The summed E-state index contributed by atoms with van der Waals surface area (Å²) < 4.78 is 0. The fourth-order valence-corrected chi connectivity index (χ4v) is 3.61. The molecule has 1 aliphatic carbocycles. The Balaban J connectivity index is 2.17. The van der Waals surface area contributed by atoms with Crippen molar-refractivity contribution in [1.29, 1.82) is 0 Å². The maximum absolute atomic E-state index is 9.84. The van der Waals surface area contributed by atoms with E-state index in [2.05, 4.69) is 13.0 Å². The summed E-state index contributed by atoms with van der Waals surface area (Å²) in [7, 11) is 0. The van der Waals surface area contributed by atoms with E-state index in [1.54, 1.807) is 0 Å². The molecule has 1 heterocycles. The Hall–Kier alpha value is 0.0800. The number of rotatable bonds is 0. The topological polar surface area (TPSA) is 20.2 Å². The number of aliphatic hydroxyl groups excluding tert-OH is 1. The van der Waals surface area contributed by atoms with Gasteiger partial charge in [-0.05, 0) is 12.5 Å². The summed E-state index contributed by atoms with van der Waals surface area (Å²) in [5, 5.41) is 11.6. The molecule has 0 aromatic rings. The normalized spacial score (nSPS) is 44.1. The number of hydrogen-bond acceptors (Lipinski definition) is 2. The van der Waals surface area contributed by atoms with Crippen LogP contribution in [0, 0.1) is 5.92 Å². The van der Waals surface area contributed by atoms with Crippen LogP contribution >= 0.6 is 23.4 Å². The molecule has 1 N–H and O–H groups in total. The molecular formula is C10H13ClOS. The minimum absolute atomic E-state index is 0.221. The second-order valence-corrected chi connectivity index (χ2v) is 5.76. The van der Waals surface area contributed by atoms with Crippen LogP contribution in [0.2, 0.25) is 0 Å². The average Bonchev–Trinajstić information content (AvgIpc) is 2.06. The Morgan fingerprint density at radius 2 is 2.38 bits per heavy atom. The van der Waals surface area contributed by atoms with Gasteiger partial charge in [0, 0.05) is 21.5 Å². The smallest absolute Gasteiger partial charge is 0.0627 e. The summed E-state index contributed by atoms with van der Waals surface area (Å²) in [6, 6.07) is 0. The third-order valence-electron chi connectivity index (χ3n) is 2.58. The molecule has 0 unspecified atom stereocenters. The van der Waals surface area contributed by atoms with Crippen LogP contribution in [0.15, 0.2) is 23.3 Å². The number of hydrogen-bond donors (Lipinski definition) is 1. The van der Waals surface area contributed by atoms with Crippen LogP contribution in [-0.4, -0.2) is 21.7 Å². The monoisotopic (exact) mass is 216 g/mol. The van der Waals surface area contributed by atoms with E-state index in [-0.39, 0.29) is 12.0 Å². The zero-order chi connectivity index (χ0) is 9.42. The molecule has 0 amide bonds. The van der Waals surface area contributed by atoms with Crippen LogP contribution in [0.1, 0.15) is 13.3 Å². The molecule has 0 radical (unpaired) electrons. The highest BCUT2D eigenvalue weighted by molar-refractivity contribution is 8.00. The molecule has 0 bridgehead atoms. The Bertz CT molecular complexity index is 262. The van der Waals surface area contributed by atoms with Crippen LogP contribution in [0.3, 0.4) is 0 Å². The summed E-state index contributed by atoms with van der Waals surface area (Å²) in [6.45, 7) is 2.16. The number of aliphatic hydroxyl groups is 1. The molecule has 13 heavy (non-hydrogen) atoms. The van der Waals surface area contributed by atoms with Gasteiger partial charge in [0.1, 0.15) is 0 Å². The molecule has 0 spiro atoms. The largest absolute Gasteiger partial charge is 0.392 e. The van der Waals surface area contributed by atoms with Crippen LogP contribution < -0.4 is 0 Å². The first-order valence-electron chi connectivity index (χ1n) is 4.56. The van der Waals surface area contributed by atoms with E-state index in [1.807, 2.05) is 23.9 Å². The zero-order valence-electron chi connectivity index (χ0n) is 7.48. The van der Waals surface area contributed by atoms with E-state index >= 15 is 0 Å². The molecule has 3 heteroatoms. The van der Waals surface area contributed by atoms with Gasteiger partial charge in [0.2, 0.25) is 0 Å². The third kappa shape index (κ3) is 1.95. The Morgan fingerprint density at radius 1 is 1.62 bits per heavy atom. The van der Waals surface area contributed by atoms with Gasteiger partial charge in [0.25, 0.3) is 0 Å². The molecule has 1 fully saturated rings. The summed E-state index contributed by atoms with van der Waals surface area (Å²) in [5.74, 6) is 0.221. The number of allylic oxidation sites excluding steroid dienone is 2. The predicted octanol–water partition coefficient (Wildman–Crippen LogP) is 2.55. The van der Waals surface area contributed by atoms with Crippen molar-refractivity contribution >= 4 is 23.4 Å².